The summed E-state index contributed by atoms with van der Waals surface area (Å²) in [6.45, 7) is 10.2. The van der Waals surface area contributed by atoms with Crippen molar-refractivity contribution in [1.29, 1.82) is 0 Å². The highest BCUT2D eigenvalue weighted by molar-refractivity contribution is 5.49. The van der Waals surface area contributed by atoms with E-state index in [0.29, 0.717) is 6.61 Å². The van der Waals surface area contributed by atoms with Gasteiger partial charge in [-0.1, -0.05) is 39.0 Å². The Balaban J connectivity index is 1.80. The molecule has 3 nitrogen and oxygen atoms in total. The van der Waals surface area contributed by atoms with Crippen molar-refractivity contribution in [2.24, 2.45) is 0 Å². The second-order valence-corrected chi connectivity index (χ2v) is 7.03. The fourth-order valence-corrected chi connectivity index (χ4v) is 2.80. The van der Waals surface area contributed by atoms with Crippen LogP contribution >= 0.6 is 0 Å². The summed E-state index contributed by atoms with van der Waals surface area (Å²) in [6.07, 6.45) is 1.07. The summed E-state index contributed by atoms with van der Waals surface area (Å²) in [5.74, 6) is 1.98. The molecule has 0 radical (unpaired) electrons. The van der Waals surface area contributed by atoms with E-state index in [9.17, 15) is 0 Å². The summed E-state index contributed by atoms with van der Waals surface area (Å²) in [7, 11) is 0. The van der Waals surface area contributed by atoms with Crippen molar-refractivity contribution < 1.29 is 4.74 Å². The van der Waals surface area contributed by atoms with Crippen molar-refractivity contribution in [2.45, 2.75) is 46.1 Å². The van der Waals surface area contributed by atoms with Gasteiger partial charge in [0.2, 0.25) is 0 Å². The average Bonchev–Trinajstić information content (AvgIpc) is 2.91. The summed E-state index contributed by atoms with van der Waals surface area (Å²) in [4.78, 5) is 4.65. The van der Waals surface area contributed by atoms with E-state index in [4.69, 9.17) is 4.74 Å². The topological polar surface area (TPSA) is 34.1 Å². The van der Waals surface area contributed by atoms with Crippen LogP contribution < -0.4 is 10.1 Å². The van der Waals surface area contributed by atoms with E-state index in [1.165, 1.54) is 16.7 Å². The Morgan fingerprint density at radius 3 is 2.77 bits per heavy atom. The van der Waals surface area contributed by atoms with E-state index in [1.807, 2.05) is 0 Å². The maximum absolute atomic E-state index is 6.10. The third kappa shape index (κ3) is 3.08. The first kappa shape index (κ1) is 14.9. The summed E-state index contributed by atoms with van der Waals surface area (Å²) in [5.41, 5.74) is 4.78. The van der Waals surface area contributed by atoms with E-state index in [1.54, 1.807) is 0 Å². The average molecular weight is 296 g/mol. The normalized spacial score (nSPS) is 13.6. The molecule has 0 fully saturated rings. The number of fused-ring (bicyclic) bond motifs is 1. The molecule has 1 aliphatic heterocycles. The number of pyridine rings is 1. The fraction of sp³-hybridized carbons (Fsp3) is 0.421. The van der Waals surface area contributed by atoms with Gasteiger partial charge >= 0.3 is 0 Å². The molecule has 0 aliphatic carbocycles. The maximum Gasteiger partial charge on any atom is 0.130 e. The van der Waals surface area contributed by atoms with Gasteiger partial charge < -0.3 is 10.1 Å². The molecule has 0 saturated heterocycles. The van der Waals surface area contributed by atoms with E-state index >= 15 is 0 Å². The van der Waals surface area contributed by atoms with Gasteiger partial charge in [-0.25, -0.2) is 4.98 Å². The van der Waals surface area contributed by atoms with Crippen LogP contribution in [0.1, 0.15) is 43.2 Å². The van der Waals surface area contributed by atoms with E-state index in [0.717, 1.165) is 30.2 Å². The van der Waals surface area contributed by atoms with E-state index in [2.05, 4.69) is 68.3 Å². The Kier molecular flexibility index (Phi) is 3.81. The first-order valence-electron chi connectivity index (χ1n) is 7.90. The van der Waals surface area contributed by atoms with Gasteiger partial charge in [0.05, 0.1) is 5.69 Å². The van der Waals surface area contributed by atoms with Gasteiger partial charge in [-0.2, -0.15) is 0 Å². The van der Waals surface area contributed by atoms with Crippen molar-refractivity contribution in [3.63, 3.8) is 0 Å². The maximum atomic E-state index is 6.10. The minimum absolute atomic E-state index is 0.0654. The molecule has 1 aromatic heterocycles. The third-order valence-electron chi connectivity index (χ3n) is 4.04. The van der Waals surface area contributed by atoms with Crippen LogP contribution in [0.25, 0.3) is 0 Å². The Bertz CT molecular complexity index is 686. The number of benzene rings is 1. The van der Waals surface area contributed by atoms with Gasteiger partial charge in [-0.05, 0) is 47.6 Å². The molecule has 0 spiro atoms. The molecule has 3 rings (SSSR count). The minimum atomic E-state index is 0.0654. The number of hydrogen-bond donors (Lipinski definition) is 1. The molecule has 3 heteroatoms. The van der Waals surface area contributed by atoms with Crippen LogP contribution in [0.3, 0.4) is 0 Å². The number of hydrogen-bond acceptors (Lipinski definition) is 3. The molecule has 1 aromatic carbocycles. The lowest BCUT2D eigenvalue weighted by atomic mass is 9.86. The zero-order valence-corrected chi connectivity index (χ0v) is 13.9. The van der Waals surface area contributed by atoms with Crippen molar-refractivity contribution in [3.8, 4) is 5.75 Å². The van der Waals surface area contributed by atoms with E-state index < -0.39 is 0 Å². The summed E-state index contributed by atoms with van der Waals surface area (Å²) >= 11 is 0. The summed E-state index contributed by atoms with van der Waals surface area (Å²) in [5, 5.41) is 3.32. The summed E-state index contributed by atoms with van der Waals surface area (Å²) < 4.78 is 6.10. The fourth-order valence-electron chi connectivity index (χ4n) is 2.80. The predicted octanol–water partition coefficient (Wildman–Crippen LogP) is 4.23. The zero-order valence-electron chi connectivity index (χ0n) is 13.9. The van der Waals surface area contributed by atoms with Crippen molar-refractivity contribution in [3.05, 3.63) is 52.7 Å². The number of nitrogens with one attached hydrogen (secondary N) is 1. The van der Waals surface area contributed by atoms with Crippen molar-refractivity contribution >= 4 is 5.82 Å². The number of rotatable bonds is 3. The second kappa shape index (κ2) is 5.64. The van der Waals surface area contributed by atoms with Gasteiger partial charge in [0.15, 0.2) is 0 Å². The lowest BCUT2D eigenvalue weighted by Crippen LogP contribution is -2.14. The van der Waals surface area contributed by atoms with Crippen LogP contribution in [0.2, 0.25) is 0 Å². The molecule has 0 saturated carbocycles. The predicted molar refractivity (Wildman–Crippen MR) is 90.6 cm³/mol. The molecule has 22 heavy (non-hydrogen) atoms. The Labute approximate surface area is 132 Å². The van der Waals surface area contributed by atoms with Crippen LogP contribution in [-0.2, 0) is 18.4 Å². The Morgan fingerprint density at radius 2 is 2.00 bits per heavy atom. The van der Waals surface area contributed by atoms with Gasteiger partial charge in [0.25, 0.3) is 0 Å². The molecule has 0 amide bonds. The van der Waals surface area contributed by atoms with Gasteiger partial charge in [-0.3, -0.25) is 0 Å². The zero-order chi connectivity index (χ0) is 15.7. The number of anilines is 1. The van der Waals surface area contributed by atoms with Gasteiger partial charge in [-0.15, -0.1) is 0 Å². The molecule has 1 N–H and O–H groups in total. The van der Waals surface area contributed by atoms with Crippen LogP contribution in [0.4, 0.5) is 5.82 Å². The highest BCUT2D eigenvalue weighted by Crippen LogP contribution is 2.32. The number of nitrogens with zero attached hydrogens (tertiary/aromatic N) is 1. The lowest BCUT2D eigenvalue weighted by molar-refractivity contribution is 0.293. The smallest absolute Gasteiger partial charge is 0.130 e. The van der Waals surface area contributed by atoms with Crippen LogP contribution in [0.5, 0.6) is 5.75 Å². The third-order valence-corrected chi connectivity index (χ3v) is 4.04. The number of aryl methyl sites for hydroxylation is 1. The highest BCUT2D eigenvalue weighted by Gasteiger charge is 2.19. The lowest BCUT2D eigenvalue weighted by Gasteiger charge is -2.23. The monoisotopic (exact) mass is 296 g/mol. The molecular formula is C19H24N2O. The van der Waals surface area contributed by atoms with E-state index in [-0.39, 0.29) is 5.41 Å². The Hall–Kier alpha value is -2.03. The van der Waals surface area contributed by atoms with Gasteiger partial charge in [0, 0.05) is 6.54 Å². The molecule has 0 atom stereocenters. The molecule has 2 aromatic rings. The van der Waals surface area contributed by atoms with Gasteiger partial charge in [0.1, 0.15) is 18.2 Å². The number of ether oxygens (including phenoxy) is 1. The minimum Gasteiger partial charge on any atom is -0.487 e. The molecule has 0 bridgehead atoms. The Morgan fingerprint density at radius 1 is 1.18 bits per heavy atom. The first-order valence-corrected chi connectivity index (χ1v) is 7.90. The SMILES string of the molecule is Cc1ccc(C(C)(C)C)c(OCc2ccc3c(n2)NCC3)c1. The van der Waals surface area contributed by atoms with Crippen molar-refractivity contribution in [1.82, 2.24) is 4.98 Å². The van der Waals surface area contributed by atoms with Crippen LogP contribution in [0, 0.1) is 6.92 Å². The first-order chi connectivity index (χ1) is 10.4. The van der Waals surface area contributed by atoms with Crippen molar-refractivity contribution in [2.75, 3.05) is 11.9 Å². The van der Waals surface area contributed by atoms with Crippen LogP contribution in [-0.4, -0.2) is 11.5 Å². The molecule has 2 heterocycles. The number of aromatic nitrogens is 1. The molecule has 0 unspecified atom stereocenters. The molecular weight excluding hydrogens is 272 g/mol. The molecule has 1 aliphatic rings. The molecule has 116 valence electrons. The largest absolute Gasteiger partial charge is 0.487 e. The quantitative estimate of drug-likeness (QED) is 0.920. The second-order valence-electron chi connectivity index (χ2n) is 7.03. The van der Waals surface area contributed by atoms with Crippen LogP contribution in [0.15, 0.2) is 30.3 Å². The standard InChI is InChI=1S/C19H24N2O/c1-13-5-8-16(19(2,3)4)17(11-13)22-12-15-7-6-14-9-10-20-18(14)21-15/h5-8,11H,9-10,12H2,1-4H3,(H,20,21). The summed E-state index contributed by atoms with van der Waals surface area (Å²) in [6, 6.07) is 10.7. The highest BCUT2D eigenvalue weighted by atomic mass is 16.5.